The van der Waals surface area contributed by atoms with E-state index in [0.717, 1.165) is 13.0 Å². The lowest BCUT2D eigenvalue weighted by atomic mass is 10.1. The molecule has 5 heteroatoms. The maximum absolute atomic E-state index is 10.9. The molecule has 0 atom stereocenters. The molecule has 4 nitrogen and oxygen atoms in total. The molecule has 0 amide bonds. The van der Waals surface area contributed by atoms with Crippen molar-refractivity contribution in [1.82, 2.24) is 0 Å². The minimum absolute atomic E-state index is 0.261. The first-order valence-corrected chi connectivity index (χ1v) is 7.90. The second-order valence-corrected chi connectivity index (χ2v) is 5.43. The number of carboxylic acid groups (broad SMARTS) is 1. The fourth-order valence-corrected chi connectivity index (χ4v) is 2.28. The van der Waals surface area contributed by atoms with Gasteiger partial charge in [0.2, 0.25) is 0 Å². The number of nitrogens with two attached hydrogens (primary N) is 1. The number of nitrogens with one attached hydrogen (secondary N) is 1. The third-order valence-corrected chi connectivity index (χ3v) is 3.59. The molecule has 19 heavy (non-hydrogen) atoms. The lowest BCUT2D eigenvalue weighted by molar-refractivity contribution is 0.0697. The molecular weight excluding hydrogens is 260 g/mol. The zero-order chi connectivity index (χ0) is 14.1. The Labute approximate surface area is 118 Å². The van der Waals surface area contributed by atoms with Gasteiger partial charge in [0, 0.05) is 6.54 Å². The van der Waals surface area contributed by atoms with Gasteiger partial charge in [0.15, 0.2) is 0 Å². The highest BCUT2D eigenvalue weighted by Gasteiger charge is 2.05. The maximum atomic E-state index is 10.9. The van der Waals surface area contributed by atoms with Crippen LogP contribution in [0.1, 0.15) is 36.0 Å². The van der Waals surface area contributed by atoms with Crippen LogP contribution in [0.4, 0.5) is 11.4 Å². The van der Waals surface area contributed by atoms with Crippen LogP contribution in [0, 0.1) is 0 Å². The van der Waals surface area contributed by atoms with Gasteiger partial charge in [-0.25, -0.2) is 4.79 Å². The van der Waals surface area contributed by atoms with Crippen molar-refractivity contribution in [3.63, 3.8) is 0 Å². The van der Waals surface area contributed by atoms with E-state index in [1.54, 1.807) is 12.1 Å². The Bertz CT molecular complexity index is 410. The molecular formula is C14H22N2O2S. The highest BCUT2D eigenvalue weighted by molar-refractivity contribution is 7.98. The standard InChI is InChI=1S/C14H22N2O2S/c1-19-9-5-3-2-4-8-16-13-10-11(14(17)18)6-7-12(13)15/h6-7,10,16H,2-5,8-9,15H2,1H3,(H,17,18). The SMILES string of the molecule is CSCCCCCCNc1cc(C(=O)O)ccc1N. The monoisotopic (exact) mass is 282 g/mol. The van der Waals surface area contributed by atoms with E-state index >= 15 is 0 Å². The summed E-state index contributed by atoms with van der Waals surface area (Å²) in [5.74, 6) is 0.293. The quantitative estimate of drug-likeness (QED) is 0.478. The highest BCUT2D eigenvalue weighted by atomic mass is 32.2. The van der Waals surface area contributed by atoms with Gasteiger partial charge in [-0.15, -0.1) is 0 Å². The van der Waals surface area contributed by atoms with Crippen molar-refractivity contribution in [1.29, 1.82) is 0 Å². The van der Waals surface area contributed by atoms with E-state index in [-0.39, 0.29) is 5.56 Å². The van der Waals surface area contributed by atoms with Crippen molar-refractivity contribution in [3.8, 4) is 0 Å². The number of anilines is 2. The van der Waals surface area contributed by atoms with E-state index in [0.29, 0.717) is 11.4 Å². The van der Waals surface area contributed by atoms with Crippen molar-refractivity contribution in [2.24, 2.45) is 0 Å². The molecule has 0 aliphatic carbocycles. The molecule has 0 aliphatic heterocycles. The molecule has 0 saturated heterocycles. The summed E-state index contributed by atoms with van der Waals surface area (Å²) in [5, 5.41) is 12.1. The van der Waals surface area contributed by atoms with Crippen LogP contribution < -0.4 is 11.1 Å². The van der Waals surface area contributed by atoms with Crippen molar-refractivity contribution in [3.05, 3.63) is 23.8 Å². The number of hydrogen-bond donors (Lipinski definition) is 3. The van der Waals surface area contributed by atoms with E-state index in [2.05, 4.69) is 11.6 Å². The lowest BCUT2D eigenvalue weighted by Gasteiger charge is -2.10. The number of hydrogen-bond acceptors (Lipinski definition) is 4. The van der Waals surface area contributed by atoms with Crippen LogP contribution >= 0.6 is 11.8 Å². The van der Waals surface area contributed by atoms with Crippen molar-refractivity contribution >= 4 is 29.1 Å². The average molecular weight is 282 g/mol. The lowest BCUT2D eigenvalue weighted by Crippen LogP contribution is -2.06. The van der Waals surface area contributed by atoms with Crippen LogP contribution in [-0.2, 0) is 0 Å². The van der Waals surface area contributed by atoms with Gasteiger partial charge in [0.25, 0.3) is 0 Å². The first-order chi connectivity index (χ1) is 9.15. The first kappa shape index (κ1) is 15.7. The normalized spacial score (nSPS) is 10.4. The van der Waals surface area contributed by atoms with Crippen molar-refractivity contribution < 1.29 is 9.90 Å². The summed E-state index contributed by atoms with van der Waals surface area (Å²) in [7, 11) is 0. The smallest absolute Gasteiger partial charge is 0.335 e. The van der Waals surface area contributed by atoms with Gasteiger partial charge in [-0.1, -0.05) is 12.8 Å². The number of carbonyl (C=O) groups is 1. The Hall–Kier alpha value is -1.36. The molecule has 0 unspecified atom stereocenters. The van der Waals surface area contributed by atoms with Crippen LogP contribution in [0.2, 0.25) is 0 Å². The van der Waals surface area contributed by atoms with Gasteiger partial charge in [0.1, 0.15) is 0 Å². The Morgan fingerprint density at radius 2 is 2.05 bits per heavy atom. The fraction of sp³-hybridized carbons (Fsp3) is 0.500. The van der Waals surface area contributed by atoms with Crippen LogP contribution in [-0.4, -0.2) is 29.6 Å². The Morgan fingerprint density at radius 1 is 1.32 bits per heavy atom. The van der Waals surface area contributed by atoms with Crippen molar-refractivity contribution in [2.45, 2.75) is 25.7 Å². The molecule has 0 heterocycles. The third-order valence-electron chi connectivity index (χ3n) is 2.89. The topological polar surface area (TPSA) is 75.3 Å². The van der Waals surface area contributed by atoms with E-state index in [4.69, 9.17) is 10.8 Å². The van der Waals surface area contributed by atoms with Gasteiger partial charge in [0.05, 0.1) is 16.9 Å². The number of thioether (sulfide) groups is 1. The summed E-state index contributed by atoms with van der Waals surface area (Å²) in [5.41, 5.74) is 7.37. The van der Waals surface area contributed by atoms with Gasteiger partial charge in [-0.2, -0.15) is 11.8 Å². The largest absolute Gasteiger partial charge is 0.478 e. The first-order valence-electron chi connectivity index (χ1n) is 6.50. The van der Waals surface area contributed by atoms with Gasteiger partial charge < -0.3 is 16.2 Å². The van der Waals surface area contributed by atoms with Gasteiger partial charge >= 0.3 is 5.97 Å². The zero-order valence-corrected chi connectivity index (χ0v) is 12.1. The second-order valence-electron chi connectivity index (χ2n) is 4.44. The Balaban J connectivity index is 2.32. The molecule has 1 aromatic rings. The number of nitrogen functional groups attached to an aromatic ring is 1. The van der Waals surface area contributed by atoms with Crippen LogP contribution in [0.25, 0.3) is 0 Å². The van der Waals surface area contributed by atoms with Gasteiger partial charge in [-0.3, -0.25) is 0 Å². The molecule has 0 fully saturated rings. The molecule has 0 saturated carbocycles. The number of rotatable bonds is 9. The summed E-state index contributed by atoms with van der Waals surface area (Å²) < 4.78 is 0. The molecule has 0 aliphatic rings. The summed E-state index contributed by atoms with van der Waals surface area (Å²) >= 11 is 1.88. The highest BCUT2D eigenvalue weighted by Crippen LogP contribution is 2.20. The van der Waals surface area contributed by atoms with E-state index in [1.165, 1.54) is 31.1 Å². The number of benzene rings is 1. The fourth-order valence-electron chi connectivity index (χ4n) is 1.79. The van der Waals surface area contributed by atoms with Crippen LogP contribution in [0.3, 0.4) is 0 Å². The molecule has 0 aromatic heterocycles. The minimum Gasteiger partial charge on any atom is -0.478 e. The molecule has 4 N–H and O–H groups in total. The van der Waals surface area contributed by atoms with Crippen molar-refractivity contribution in [2.75, 3.05) is 29.6 Å². The predicted molar refractivity (Wildman–Crippen MR) is 83.2 cm³/mol. The summed E-state index contributed by atoms with van der Waals surface area (Å²) in [4.78, 5) is 10.9. The summed E-state index contributed by atoms with van der Waals surface area (Å²) in [6.07, 6.45) is 6.89. The minimum atomic E-state index is -0.930. The average Bonchev–Trinajstić information content (AvgIpc) is 2.39. The molecule has 0 radical (unpaired) electrons. The molecule has 106 valence electrons. The van der Waals surface area contributed by atoms with E-state index in [9.17, 15) is 4.79 Å². The molecule has 1 aromatic carbocycles. The van der Waals surface area contributed by atoms with Gasteiger partial charge in [-0.05, 0) is 43.0 Å². The molecule has 0 bridgehead atoms. The number of carboxylic acids is 1. The molecule has 0 spiro atoms. The Kier molecular flexibility index (Phi) is 7.18. The van der Waals surface area contributed by atoms with E-state index in [1.807, 2.05) is 11.8 Å². The van der Waals surface area contributed by atoms with Crippen LogP contribution in [0.5, 0.6) is 0 Å². The maximum Gasteiger partial charge on any atom is 0.335 e. The number of aromatic carboxylic acids is 1. The van der Waals surface area contributed by atoms with Crippen LogP contribution in [0.15, 0.2) is 18.2 Å². The Morgan fingerprint density at radius 3 is 2.74 bits per heavy atom. The molecule has 1 rings (SSSR count). The third kappa shape index (κ3) is 5.87. The summed E-state index contributed by atoms with van der Waals surface area (Å²) in [6, 6.07) is 4.74. The zero-order valence-electron chi connectivity index (χ0n) is 11.3. The summed E-state index contributed by atoms with van der Waals surface area (Å²) in [6.45, 7) is 0.826. The predicted octanol–water partition coefficient (Wildman–Crippen LogP) is 3.30. The second kappa shape index (κ2) is 8.69. The van der Waals surface area contributed by atoms with E-state index < -0.39 is 5.97 Å². The number of unbranched alkanes of at least 4 members (excludes halogenated alkanes) is 3.